The molecule has 5 nitrogen and oxygen atoms in total. The van der Waals surface area contributed by atoms with Crippen molar-refractivity contribution in [2.24, 2.45) is 0 Å². The maximum atomic E-state index is 4.37. The van der Waals surface area contributed by atoms with Crippen molar-refractivity contribution >= 4 is 28.4 Å². The van der Waals surface area contributed by atoms with Crippen molar-refractivity contribution in [2.45, 2.75) is 20.3 Å². The van der Waals surface area contributed by atoms with Gasteiger partial charge in [0, 0.05) is 18.8 Å². The van der Waals surface area contributed by atoms with Gasteiger partial charge in [-0.05, 0) is 35.9 Å². The van der Waals surface area contributed by atoms with Crippen LogP contribution < -0.4 is 5.32 Å². The van der Waals surface area contributed by atoms with Crippen LogP contribution in [0.25, 0.3) is 5.82 Å². The van der Waals surface area contributed by atoms with Crippen molar-refractivity contribution in [3.63, 3.8) is 0 Å². The molecule has 0 bridgehead atoms. The number of aromatic nitrogens is 4. The van der Waals surface area contributed by atoms with Gasteiger partial charge in [0.25, 0.3) is 0 Å². The first-order chi connectivity index (χ1) is 8.19. The zero-order valence-electron chi connectivity index (χ0n) is 9.81. The fourth-order valence-electron chi connectivity index (χ4n) is 1.44. The molecule has 6 heteroatoms. The van der Waals surface area contributed by atoms with Crippen molar-refractivity contribution in [3.8, 4) is 5.82 Å². The highest BCUT2D eigenvalue weighted by Crippen LogP contribution is 2.12. The number of nitrogens with zero attached hydrogens (tertiary/aromatic N) is 4. The molecule has 0 unspecified atom stereocenters. The molecule has 17 heavy (non-hydrogen) atoms. The van der Waals surface area contributed by atoms with E-state index in [-0.39, 0.29) is 0 Å². The van der Waals surface area contributed by atoms with Gasteiger partial charge in [-0.2, -0.15) is 5.10 Å². The molecule has 0 radical (unpaired) electrons. The maximum absolute atomic E-state index is 4.37. The predicted molar refractivity (Wildman–Crippen MR) is 75.4 cm³/mol. The Morgan fingerprint density at radius 1 is 1.41 bits per heavy atom. The van der Waals surface area contributed by atoms with E-state index in [1.165, 1.54) is 0 Å². The third-order valence-electron chi connectivity index (χ3n) is 2.17. The van der Waals surface area contributed by atoms with Crippen LogP contribution in [0.4, 0.5) is 5.82 Å². The molecule has 2 rings (SSSR count). The van der Waals surface area contributed by atoms with Crippen LogP contribution >= 0.6 is 22.6 Å². The normalized spacial score (nSPS) is 10.5. The van der Waals surface area contributed by atoms with Gasteiger partial charge in [-0.15, -0.1) is 0 Å². The zero-order chi connectivity index (χ0) is 12.3. The van der Waals surface area contributed by atoms with Crippen molar-refractivity contribution in [3.05, 3.63) is 27.9 Å². The van der Waals surface area contributed by atoms with Gasteiger partial charge in [0.05, 0.1) is 9.77 Å². The van der Waals surface area contributed by atoms with E-state index in [9.17, 15) is 0 Å². The van der Waals surface area contributed by atoms with Crippen LogP contribution in [0.1, 0.15) is 19.2 Å². The Balaban J connectivity index is 2.31. The molecule has 0 atom stereocenters. The summed E-state index contributed by atoms with van der Waals surface area (Å²) in [6, 6.07) is 1.91. The minimum Gasteiger partial charge on any atom is -0.370 e. The SMILES string of the molecule is CCCNc1cc(-n2cc(I)cn2)nc(C)n1. The molecular weight excluding hydrogens is 329 g/mol. The lowest BCUT2D eigenvalue weighted by atomic mass is 10.4. The van der Waals surface area contributed by atoms with Gasteiger partial charge in [-0.3, -0.25) is 0 Å². The van der Waals surface area contributed by atoms with Gasteiger partial charge in [-0.25, -0.2) is 14.6 Å². The summed E-state index contributed by atoms with van der Waals surface area (Å²) < 4.78 is 2.84. The van der Waals surface area contributed by atoms with Crippen LogP contribution in [0.5, 0.6) is 0 Å². The van der Waals surface area contributed by atoms with E-state index in [0.29, 0.717) is 0 Å². The predicted octanol–water partition coefficient (Wildman–Crippen LogP) is 2.40. The fourth-order valence-corrected chi connectivity index (χ4v) is 1.83. The molecular formula is C11H14IN5. The Morgan fingerprint density at radius 2 is 2.24 bits per heavy atom. The molecule has 0 aliphatic carbocycles. The summed E-state index contributed by atoms with van der Waals surface area (Å²) in [6.07, 6.45) is 4.81. The van der Waals surface area contributed by atoms with E-state index in [1.807, 2.05) is 19.2 Å². The summed E-state index contributed by atoms with van der Waals surface area (Å²) in [6.45, 7) is 4.92. The first-order valence-corrected chi connectivity index (χ1v) is 6.57. The number of anilines is 1. The molecule has 0 spiro atoms. The summed E-state index contributed by atoms with van der Waals surface area (Å²) >= 11 is 2.23. The number of rotatable bonds is 4. The average molecular weight is 343 g/mol. The smallest absolute Gasteiger partial charge is 0.159 e. The summed E-state index contributed by atoms with van der Waals surface area (Å²) in [5.74, 6) is 2.38. The lowest BCUT2D eigenvalue weighted by Gasteiger charge is -2.07. The Labute approximate surface area is 114 Å². The Kier molecular flexibility index (Phi) is 3.93. The maximum Gasteiger partial charge on any atom is 0.159 e. The van der Waals surface area contributed by atoms with E-state index in [0.717, 1.165) is 34.0 Å². The molecule has 0 aromatic carbocycles. The Bertz CT molecular complexity index is 508. The van der Waals surface area contributed by atoms with Crippen molar-refractivity contribution in [2.75, 3.05) is 11.9 Å². The van der Waals surface area contributed by atoms with Gasteiger partial charge >= 0.3 is 0 Å². The standard InChI is InChI=1S/C11H14IN5/c1-3-4-13-10-5-11(16-8(2)15-10)17-7-9(12)6-14-17/h5-7H,3-4H2,1-2H3,(H,13,15,16). The number of aryl methyl sites for hydroxylation is 1. The van der Waals surface area contributed by atoms with Gasteiger partial charge in [-0.1, -0.05) is 6.92 Å². The molecule has 0 saturated carbocycles. The van der Waals surface area contributed by atoms with Crippen LogP contribution in [0.3, 0.4) is 0 Å². The summed E-state index contributed by atoms with van der Waals surface area (Å²) in [7, 11) is 0. The summed E-state index contributed by atoms with van der Waals surface area (Å²) in [4.78, 5) is 8.71. The summed E-state index contributed by atoms with van der Waals surface area (Å²) in [5, 5.41) is 7.50. The Hall–Kier alpha value is -1.18. The fraction of sp³-hybridized carbons (Fsp3) is 0.364. The van der Waals surface area contributed by atoms with Crippen molar-refractivity contribution in [1.29, 1.82) is 0 Å². The highest BCUT2D eigenvalue weighted by molar-refractivity contribution is 14.1. The van der Waals surface area contributed by atoms with E-state index in [2.05, 4.69) is 49.9 Å². The number of hydrogen-bond acceptors (Lipinski definition) is 4. The molecule has 0 aliphatic rings. The molecule has 0 fully saturated rings. The van der Waals surface area contributed by atoms with Gasteiger partial charge in [0.15, 0.2) is 5.82 Å². The van der Waals surface area contributed by atoms with Crippen LogP contribution in [-0.2, 0) is 0 Å². The minimum absolute atomic E-state index is 0.742. The Morgan fingerprint density at radius 3 is 2.88 bits per heavy atom. The number of hydrogen-bond donors (Lipinski definition) is 1. The summed E-state index contributed by atoms with van der Waals surface area (Å²) in [5.41, 5.74) is 0. The minimum atomic E-state index is 0.742. The van der Waals surface area contributed by atoms with Crippen LogP contribution in [0, 0.1) is 10.5 Å². The molecule has 2 aromatic rings. The zero-order valence-corrected chi connectivity index (χ0v) is 12.0. The van der Waals surface area contributed by atoms with Crippen molar-refractivity contribution in [1.82, 2.24) is 19.7 Å². The highest BCUT2D eigenvalue weighted by Gasteiger charge is 2.04. The second-order valence-corrected chi connectivity index (χ2v) is 4.93. The molecule has 90 valence electrons. The van der Waals surface area contributed by atoms with Gasteiger partial charge in [0.1, 0.15) is 11.6 Å². The topological polar surface area (TPSA) is 55.6 Å². The highest BCUT2D eigenvalue weighted by atomic mass is 127. The van der Waals surface area contributed by atoms with Gasteiger partial charge < -0.3 is 5.32 Å². The van der Waals surface area contributed by atoms with Crippen LogP contribution in [-0.4, -0.2) is 26.3 Å². The second-order valence-electron chi connectivity index (χ2n) is 3.69. The van der Waals surface area contributed by atoms with Gasteiger partial charge in [0.2, 0.25) is 0 Å². The van der Waals surface area contributed by atoms with E-state index < -0.39 is 0 Å². The molecule has 0 aliphatic heterocycles. The van der Waals surface area contributed by atoms with Crippen LogP contribution in [0.15, 0.2) is 18.5 Å². The lowest BCUT2D eigenvalue weighted by molar-refractivity contribution is 0.826. The van der Waals surface area contributed by atoms with Crippen molar-refractivity contribution < 1.29 is 0 Å². The number of halogens is 1. The first kappa shape index (κ1) is 12.3. The molecule has 0 saturated heterocycles. The third-order valence-corrected chi connectivity index (χ3v) is 2.72. The molecule has 2 heterocycles. The first-order valence-electron chi connectivity index (χ1n) is 5.49. The second kappa shape index (κ2) is 5.44. The largest absolute Gasteiger partial charge is 0.370 e. The van der Waals surface area contributed by atoms with E-state index in [1.54, 1.807) is 10.9 Å². The van der Waals surface area contributed by atoms with E-state index in [4.69, 9.17) is 0 Å². The molecule has 0 amide bonds. The molecule has 2 aromatic heterocycles. The quantitative estimate of drug-likeness (QED) is 0.867. The average Bonchev–Trinajstić information content (AvgIpc) is 2.72. The van der Waals surface area contributed by atoms with E-state index >= 15 is 0 Å². The lowest BCUT2D eigenvalue weighted by Crippen LogP contribution is -2.07. The van der Waals surface area contributed by atoms with Crippen LogP contribution in [0.2, 0.25) is 0 Å². The third kappa shape index (κ3) is 3.15. The monoisotopic (exact) mass is 343 g/mol. The molecule has 1 N–H and O–H groups in total. The number of nitrogens with one attached hydrogen (secondary N) is 1.